The van der Waals surface area contributed by atoms with Gasteiger partial charge in [-0.25, -0.2) is 4.79 Å². The first-order valence-electron chi connectivity index (χ1n) is 5.00. The summed E-state index contributed by atoms with van der Waals surface area (Å²) in [6, 6.07) is 0. The molecule has 2 nitrogen and oxygen atoms in total. The SMILES string of the molecule is C/[C]=C/C(=O)OC1CC2CCC1C2. The summed E-state index contributed by atoms with van der Waals surface area (Å²) < 4.78 is 5.33. The Labute approximate surface area is 79.0 Å². The van der Waals surface area contributed by atoms with Gasteiger partial charge in [0.25, 0.3) is 0 Å². The highest BCUT2D eigenvalue weighted by Crippen LogP contribution is 2.45. The lowest BCUT2D eigenvalue weighted by atomic mass is 9.98. The van der Waals surface area contributed by atoms with Gasteiger partial charge in [-0.15, -0.1) is 0 Å². The van der Waals surface area contributed by atoms with Crippen molar-refractivity contribution in [2.75, 3.05) is 0 Å². The third kappa shape index (κ3) is 1.77. The molecule has 0 aromatic rings. The number of hydrogen-bond acceptors (Lipinski definition) is 2. The van der Waals surface area contributed by atoms with E-state index in [-0.39, 0.29) is 12.1 Å². The highest BCUT2D eigenvalue weighted by molar-refractivity contribution is 5.81. The number of carbonyl (C=O) groups is 1. The molecule has 2 saturated carbocycles. The van der Waals surface area contributed by atoms with Crippen LogP contribution in [0.15, 0.2) is 6.08 Å². The molecule has 2 rings (SSSR count). The zero-order chi connectivity index (χ0) is 9.26. The molecule has 2 heteroatoms. The van der Waals surface area contributed by atoms with Crippen molar-refractivity contribution in [1.29, 1.82) is 0 Å². The van der Waals surface area contributed by atoms with Crippen LogP contribution in [0.5, 0.6) is 0 Å². The van der Waals surface area contributed by atoms with Crippen LogP contribution in [-0.2, 0) is 9.53 Å². The van der Waals surface area contributed by atoms with Crippen molar-refractivity contribution in [2.24, 2.45) is 11.8 Å². The maximum Gasteiger partial charge on any atom is 0.331 e. The number of hydrogen-bond donors (Lipinski definition) is 0. The fraction of sp³-hybridized carbons (Fsp3) is 0.727. The number of esters is 1. The summed E-state index contributed by atoms with van der Waals surface area (Å²) in [5.41, 5.74) is 0. The maximum atomic E-state index is 11.1. The quantitative estimate of drug-likeness (QED) is 0.479. The van der Waals surface area contributed by atoms with E-state index in [9.17, 15) is 4.79 Å². The average Bonchev–Trinajstić information content (AvgIpc) is 2.65. The van der Waals surface area contributed by atoms with E-state index in [1.165, 1.54) is 25.3 Å². The van der Waals surface area contributed by atoms with E-state index in [4.69, 9.17) is 4.74 Å². The Balaban J connectivity index is 1.86. The molecule has 71 valence electrons. The molecule has 0 heterocycles. The van der Waals surface area contributed by atoms with Crippen molar-refractivity contribution < 1.29 is 9.53 Å². The fourth-order valence-electron chi connectivity index (χ4n) is 2.63. The number of allylic oxidation sites excluding steroid dienone is 1. The van der Waals surface area contributed by atoms with E-state index in [1.54, 1.807) is 6.92 Å². The van der Waals surface area contributed by atoms with Gasteiger partial charge >= 0.3 is 5.97 Å². The van der Waals surface area contributed by atoms with Crippen LogP contribution in [0.3, 0.4) is 0 Å². The Morgan fingerprint density at radius 1 is 1.46 bits per heavy atom. The predicted molar refractivity (Wildman–Crippen MR) is 48.8 cm³/mol. The van der Waals surface area contributed by atoms with Gasteiger partial charge in [0.1, 0.15) is 6.10 Å². The zero-order valence-corrected chi connectivity index (χ0v) is 7.95. The summed E-state index contributed by atoms with van der Waals surface area (Å²) in [4.78, 5) is 11.1. The number of ether oxygens (including phenoxy) is 1. The smallest absolute Gasteiger partial charge is 0.331 e. The molecular weight excluding hydrogens is 164 g/mol. The van der Waals surface area contributed by atoms with Crippen molar-refractivity contribution in [2.45, 2.75) is 38.7 Å². The van der Waals surface area contributed by atoms with E-state index >= 15 is 0 Å². The van der Waals surface area contributed by atoms with Gasteiger partial charge in [-0.3, -0.25) is 0 Å². The van der Waals surface area contributed by atoms with E-state index in [0.29, 0.717) is 5.92 Å². The first-order chi connectivity index (χ1) is 6.29. The predicted octanol–water partition coefficient (Wildman–Crippen LogP) is 2.10. The van der Waals surface area contributed by atoms with Crippen LogP contribution < -0.4 is 0 Å². The molecule has 3 atom stereocenters. The average molecular weight is 179 g/mol. The van der Waals surface area contributed by atoms with Crippen LogP contribution in [0.25, 0.3) is 0 Å². The Hall–Kier alpha value is -0.790. The van der Waals surface area contributed by atoms with Crippen molar-refractivity contribution in [3.05, 3.63) is 12.2 Å². The van der Waals surface area contributed by atoms with E-state index in [0.717, 1.165) is 12.3 Å². The first kappa shape index (κ1) is 8.79. The van der Waals surface area contributed by atoms with Crippen molar-refractivity contribution >= 4 is 5.97 Å². The molecule has 3 unspecified atom stereocenters. The molecular formula is C11H15O2. The molecule has 2 aliphatic rings. The van der Waals surface area contributed by atoms with Crippen LogP contribution in [0.4, 0.5) is 0 Å². The van der Waals surface area contributed by atoms with Gasteiger partial charge in [0.2, 0.25) is 0 Å². The van der Waals surface area contributed by atoms with Crippen LogP contribution in [0.1, 0.15) is 32.6 Å². The second kappa shape index (κ2) is 3.52. The Morgan fingerprint density at radius 3 is 2.85 bits per heavy atom. The van der Waals surface area contributed by atoms with Crippen LogP contribution in [0.2, 0.25) is 0 Å². The Bertz CT molecular complexity index is 232. The monoisotopic (exact) mass is 179 g/mol. The number of rotatable bonds is 2. The summed E-state index contributed by atoms with van der Waals surface area (Å²) in [5, 5.41) is 0. The largest absolute Gasteiger partial charge is 0.459 e. The Morgan fingerprint density at radius 2 is 2.31 bits per heavy atom. The number of carbonyl (C=O) groups excluding carboxylic acids is 1. The topological polar surface area (TPSA) is 26.3 Å². The molecule has 0 aliphatic heterocycles. The van der Waals surface area contributed by atoms with Gasteiger partial charge in [0, 0.05) is 6.08 Å². The second-order valence-electron chi connectivity index (χ2n) is 4.08. The van der Waals surface area contributed by atoms with Crippen molar-refractivity contribution in [3.8, 4) is 0 Å². The van der Waals surface area contributed by atoms with Crippen molar-refractivity contribution in [3.63, 3.8) is 0 Å². The molecule has 0 N–H and O–H groups in total. The highest BCUT2D eigenvalue weighted by Gasteiger charge is 2.41. The van der Waals surface area contributed by atoms with Gasteiger partial charge in [0.15, 0.2) is 0 Å². The molecule has 0 aromatic carbocycles. The van der Waals surface area contributed by atoms with Crippen LogP contribution in [-0.4, -0.2) is 12.1 Å². The van der Waals surface area contributed by atoms with E-state index in [2.05, 4.69) is 6.08 Å². The van der Waals surface area contributed by atoms with Gasteiger partial charge in [0.05, 0.1) is 0 Å². The lowest BCUT2D eigenvalue weighted by Crippen LogP contribution is -2.23. The normalized spacial score (nSPS) is 37.2. The molecule has 2 bridgehead atoms. The summed E-state index contributed by atoms with van der Waals surface area (Å²) in [7, 11) is 0. The van der Waals surface area contributed by atoms with Gasteiger partial charge < -0.3 is 4.74 Å². The van der Waals surface area contributed by atoms with Gasteiger partial charge in [-0.2, -0.15) is 0 Å². The van der Waals surface area contributed by atoms with E-state index in [1.807, 2.05) is 0 Å². The fourth-order valence-corrected chi connectivity index (χ4v) is 2.63. The molecule has 13 heavy (non-hydrogen) atoms. The molecule has 2 fully saturated rings. The molecule has 1 radical (unpaired) electrons. The molecule has 0 saturated heterocycles. The standard InChI is InChI=1S/C11H15O2/c1-2-3-11(12)13-10-7-8-4-5-9(10)6-8/h3,8-10H,4-7H2,1H3. The summed E-state index contributed by atoms with van der Waals surface area (Å²) >= 11 is 0. The van der Waals surface area contributed by atoms with Crippen LogP contribution >= 0.6 is 0 Å². The molecule has 2 aliphatic carbocycles. The van der Waals surface area contributed by atoms with Crippen LogP contribution in [0, 0.1) is 17.9 Å². The summed E-state index contributed by atoms with van der Waals surface area (Å²) in [5.74, 6) is 1.26. The zero-order valence-electron chi connectivity index (χ0n) is 7.95. The Kier molecular flexibility index (Phi) is 2.38. The highest BCUT2D eigenvalue weighted by atomic mass is 16.5. The molecule has 0 amide bonds. The van der Waals surface area contributed by atoms with E-state index < -0.39 is 0 Å². The summed E-state index contributed by atoms with van der Waals surface area (Å²) in [6.45, 7) is 1.71. The minimum absolute atomic E-state index is 0.204. The third-order valence-corrected chi connectivity index (χ3v) is 3.20. The van der Waals surface area contributed by atoms with Crippen molar-refractivity contribution in [1.82, 2.24) is 0 Å². The van der Waals surface area contributed by atoms with Gasteiger partial charge in [-0.1, -0.05) is 0 Å². The molecule has 0 aromatic heterocycles. The lowest BCUT2D eigenvalue weighted by molar-refractivity contribution is -0.145. The first-order valence-corrected chi connectivity index (χ1v) is 5.00. The maximum absolute atomic E-state index is 11.1. The minimum atomic E-state index is -0.222. The second-order valence-corrected chi connectivity index (χ2v) is 4.08. The molecule has 0 spiro atoms. The lowest BCUT2D eigenvalue weighted by Gasteiger charge is -2.20. The summed E-state index contributed by atoms with van der Waals surface area (Å²) in [6.07, 6.45) is 9.23. The third-order valence-electron chi connectivity index (χ3n) is 3.20. The van der Waals surface area contributed by atoms with Gasteiger partial charge in [-0.05, 0) is 50.5 Å². The number of fused-ring (bicyclic) bond motifs is 2. The minimum Gasteiger partial charge on any atom is -0.459 e.